The van der Waals surface area contributed by atoms with E-state index in [0.29, 0.717) is 29.1 Å². The Morgan fingerprint density at radius 3 is 2.53 bits per heavy atom. The molecule has 1 amide bonds. The number of anilines is 2. The van der Waals surface area contributed by atoms with E-state index in [1.807, 2.05) is 0 Å². The number of piperidine rings is 1. The third kappa shape index (κ3) is 6.96. The Morgan fingerprint density at radius 1 is 1.11 bits per heavy atom. The first-order valence-electron chi connectivity index (χ1n) is 15.3. The molecule has 0 radical (unpaired) electrons. The van der Waals surface area contributed by atoms with E-state index in [-0.39, 0.29) is 48.6 Å². The van der Waals surface area contributed by atoms with Crippen LogP contribution in [0.4, 0.5) is 24.0 Å². The van der Waals surface area contributed by atoms with Gasteiger partial charge in [0.1, 0.15) is 17.2 Å². The highest BCUT2D eigenvalue weighted by Crippen LogP contribution is 2.47. The number of benzene rings is 2. The number of aromatic nitrogens is 2. The van der Waals surface area contributed by atoms with Gasteiger partial charge in [0.15, 0.2) is 5.13 Å². The number of hydrogen-bond donors (Lipinski definition) is 1. The highest BCUT2D eigenvalue weighted by Gasteiger charge is 2.43. The molecule has 2 aromatic heterocycles. The van der Waals surface area contributed by atoms with Gasteiger partial charge in [-0.05, 0) is 68.9 Å². The van der Waals surface area contributed by atoms with Crippen molar-refractivity contribution in [1.29, 1.82) is 0 Å². The Kier molecular flexibility index (Phi) is 8.39. The number of ether oxygens (including phenoxy) is 2. The van der Waals surface area contributed by atoms with Crippen molar-refractivity contribution >= 4 is 48.9 Å². The van der Waals surface area contributed by atoms with Gasteiger partial charge >= 0.3 is 6.36 Å². The van der Waals surface area contributed by atoms with Crippen LogP contribution >= 0.6 is 11.3 Å². The first kappa shape index (κ1) is 31.8. The summed E-state index contributed by atoms with van der Waals surface area (Å²) < 4.78 is 88.2. The number of amides is 1. The van der Waals surface area contributed by atoms with Gasteiger partial charge in [-0.1, -0.05) is 28.6 Å². The summed E-state index contributed by atoms with van der Waals surface area (Å²) in [5, 5.41) is 5.04. The third-order valence-corrected chi connectivity index (χ3v) is 10.6. The predicted octanol–water partition coefficient (Wildman–Crippen LogP) is 6.29. The standard InChI is InChI=1S/C31H31F3N4O7S2/c32-31(33,34)44-26-4-2-1-3-23(26)28-24(29(45-36-28)18-5-6-18)16-43-22-13-20-7-8-21(14-22)38(20)30-35-25-10-9-19(15-27(25)46-30)37(17-39)11-12-47(40,41)42/h1-4,9-10,15,17-18,20-22H,5-8,11-14,16H2,(H,40,41,42). The van der Waals surface area contributed by atoms with Crippen molar-refractivity contribution in [1.82, 2.24) is 10.1 Å². The summed E-state index contributed by atoms with van der Waals surface area (Å²) in [5.41, 5.74) is 2.42. The molecule has 1 aliphatic carbocycles. The molecule has 250 valence electrons. The van der Waals surface area contributed by atoms with Crippen molar-refractivity contribution in [3.8, 4) is 17.0 Å². The van der Waals surface area contributed by atoms with E-state index in [1.165, 1.54) is 34.4 Å². The van der Waals surface area contributed by atoms with Gasteiger partial charge < -0.3 is 23.8 Å². The molecular weight excluding hydrogens is 661 g/mol. The number of fused-ring (bicyclic) bond motifs is 3. The second kappa shape index (κ2) is 12.4. The smallest absolute Gasteiger partial charge is 0.405 e. The summed E-state index contributed by atoms with van der Waals surface area (Å²) in [4.78, 5) is 20.1. The van der Waals surface area contributed by atoms with Gasteiger partial charge in [-0.3, -0.25) is 9.35 Å². The largest absolute Gasteiger partial charge is 0.573 e. The Bertz CT molecular complexity index is 1880. The molecule has 0 spiro atoms. The Morgan fingerprint density at radius 2 is 1.85 bits per heavy atom. The van der Waals surface area contributed by atoms with E-state index in [9.17, 15) is 26.4 Å². The minimum Gasteiger partial charge on any atom is -0.405 e. The van der Waals surface area contributed by atoms with E-state index < -0.39 is 22.2 Å². The van der Waals surface area contributed by atoms with Crippen LogP contribution in [-0.2, 0) is 26.3 Å². The first-order valence-corrected chi connectivity index (χ1v) is 17.7. The molecule has 4 heterocycles. The maximum absolute atomic E-state index is 13.2. The lowest BCUT2D eigenvalue weighted by molar-refractivity contribution is -0.274. The molecule has 2 aliphatic heterocycles. The topological polar surface area (TPSA) is 135 Å². The van der Waals surface area contributed by atoms with Gasteiger partial charge in [-0.15, -0.1) is 13.2 Å². The molecule has 2 bridgehead atoms. The lowest BCUT2D eigenvalue weighted by Gasteiger charge is -2.38. The molecule has 11 nitrogen and oxygen atoms in total. The minimum absolute atomic E-state index is 0.0786. The number of rotatable bonds is 12. The monoisotopic (exact) mass is 692 g/mol. The van der Waals surface area contributed by atoms with Gasteiger partial charge in [0.2, 0.25) is 6.41 Å². The minimum atomic E-state index is -4.85. The van der Waals surface area contributed by atoms with Crippen LogP contribution < -0.4 is 14.5 Å². The molecule has 1 saturated carbocycles. The fraction of sp³-hybridized carbons (Fsp3) is 0.452. The maximum atomic E-state index is 13.2. The molecule has 3 aliphatic rings. The quantitative estimate of drug-likeness (QED) is 0.133. The average molecular weight is 693 g/mol. The number of halogens is 3. The Balaban J connectivity index is 1.06. The Labute approximate surface area is 272 Å². The molecular formula is C31H31F3N4O7S2. The van der Waals surface area contributed by atoms with Crippen LogP contribution in [0.5, 0.6) is 5.75 Å². The van der Waals surface area contributed by atoms with Gasteiger partial charge in [0, 0.05) is 41.4 Å². The van der Waals surface area contributed by atoms with E-state index in [4.69, 9.17) is 18.8 Å². The second-order valence-corrected chi connectivity index (χ2v) is 14.7. The second-order valence-electron chi connectivity index (χ2n) is 12.1. The Hall–Kier alpha value is -3.73. The molecule has 2 aromatic carbocycles. The van der Waals surface area contributed by atoms with Crippen LogP contribution in [0.1, 0.15) is 55.8 Å². The van der Waals surface area contributed by atoms with E-state index >= 15 is 0 Å². The van der Waals surface area contributed by atoms with Crippen LogP contribution in [0, 0.1) is 0 Å². The van der Waals surface area contributed by atoms with Crippen molar-refractivity contribution in [3.05, 3.63) is 53.8 Å². The normalized spacial score (nSPS) is 21.4. The molecule has 3 fully saturated rings. The molecule has 2 unspecified atom stereocenters. The van der Waals surface area contributed by atoms with Gasteiger partial charge in [-0.2, -0.15) is 8.42 Å². The number of thiazole rings is 1. The zero-order valence-corrected chi connectivity index (χ0v) is 26.6. The van der Waals surface area contributed by atoms with Crippen molar-refractivity contribution in [2.24, 2.45) is 0 Å². The number of nitrogens with zero attached hydrogens (tertiary/aromatic N) is 4. The number of hydrogen-bond acceptors (Lipinski definition) is 10. The van der Waals surface area contributed by atoms with Crippen molar-refractivity contribution < 1.29 is 44.9 Å². The van der Waals surface area contributed by atoms with Crippen LogP contribution in [0.3, 0.4) is 0 Å². The number of carbonyl (C=O) groups is 1. The molecule has 2 atom stereocenters. The van der Waals surface area contributed by atoms with Crippen LogP contribution in [0.15, 0.2) is 47.0 Å². The maximum Gasteiger partial charge on any atom is 0.573 e. The molecule has 47 heavy (non-hydrogen) atoms. The fourth-order valence-corrected chi connectivity index (χ4v) is 8.21. The third-order valence-electron chi connectivity index (χ3n) is 8.92. The van der Waals surface area contributed by atoms with Crippen molar-refractivity contribution in [3.63, 3.8) is 0 Å². The van der Waals surface area contributed by atoms with Crippen molar-refractivity contribution in [2.75, 3.05) is 22.1 Å². The summed E-state index contributed by atoms with van der Waals surface area (Å²) in [5.74, 6) is -0.0899. The number of carbonyl (C=O) groups excluding carboxylic acids is 1. The molecule has 16 heteroatoms. The predicted molar refractivity (Wildman–Crippen MR) is 167 cm³/mol. The average Bonchev–Trinajstić information content (AvgIpc) is 3.53. The lowest BCUT2D eigenvalue weighted by atomic mass is 10.00. The summed E-state index contributed by atoms with van der Waals surface area (Å²) in [6.45, 7) is -0.0204. The molecule has 2 saturated heterocycles. The van der Waals surface area contributed by atoms with Crippen LogP contribution in [0.2, 0.25) is 0 Å². The molecule has 7 rings (SSSR count). The summed E-state index contributed by atoms with van der Waals surface area (Å²) in [7, 11) is -4.22. The zero-order valence-electron chi connectivity index (χ0n) is 24.9. The fourth-order valence-electron chi connectivity index (χ4n) is 6.64. The summed E-state index contributed by atoms with van der Waals surface area (Å²) in [6, 6.07) is 11.6. The summed E-state index contributed by atoms with van der Waals surface area (Å²) in [6.07, 6.45) is 0.880. The van der Waals surface area contributed by atoms with Crippen molar-refractivity contribution in [2.45, 2.75) is 75.6 Å². The molecule has 4 aromatic rings. The molecule has 1 N–H and O–H groups in total. The van der Waals surface area contributed by atoms with E-state index in [1.54, 1.807) is 24.3 Å². The highest BCUT2D eigenvalue weighted by atomic mass is 32.2. The SMILES string of the molecule is O=CN(CCS(=O)(=O)O)c1ccc2nc(N3C4CCC3CC(OCc3c(-c5ccccc5OC(F)(F)F)noc3C3CC3)C4)sc2c1. The summed E-state index contributed by atoms with van der Waals surface area (Å²) >= 11 is 1.50. The van der Waals surface area contributed by atoms with E-state index in [0.717, 1.165) is 53.9 Å². The lowest BCUT2D eigenvalue weighted by Crippen LogP contribution is -2.45. The highest BCUT2D eigenvalue weighted by molar-refractivity contribution is 7.85. The number of para-hydroxylation sites is 1. The number of alkyl halides is 3. The first-order chi connectivity index (χ1) is 22.5. The van der Waals surface area contributed by atoms with Gasteiger partial charge in [0.25, 0.3) is 10.1 Å². The van der Waals surface area contributed by atoms with Gasteiger partial charge in [0.05, 0.1) is 28.7 Å². The van der Waals surface area contributed by atoms with Crippen LogP contribution in [0.25, 0.3) is 21.5 Å². The zero-order chi connectivity index (χ0) is 32.9. The van der Waals surface area contributed by atoms with Crippen LogP contribution in [-0.4, -0.2) is 66.4 Å². The van der Waals surface area contributed by atoms with Gasteiger partial charge in [-0.25, -0.2) is 4.98 Å². The van der Waals surface area contributed by atoms with E-state index in [2.05, 4.69) is 14.8 Å².